The quantitative estimate of drug-likeness (QED) is 0.800. The predicted molar refractivity (Wildman–Crippen MR) is 69.4 cm³/mol. The van der Waals surface area contributed by atoms with Gasteiger partial charge in [-0.15, -0.1) is 0 Å². The van der Waals surface area contributed by atoms with Crippen LogP contribution in [0.2, 0.25) is 0 Å². The number of aliphatic hydroxyl groups excluding tert-OH is 2. The second-order valence-electron chi connectivity index (χ2n) is 3.34. The first kappa shape index (κ1) is 14.6. The van der Waals surface area contributed by atoms with Gasteiger partial charge in [-0.05, 0) is 30.7 Å². The molecule has 0 saturated heterocycles. The van der Waals surface area contributed by atoms with E-state index >= 15 is 0 Å². The Morgan fingerprint density at radius 3 is 2.29 bits per heavy atom. The number of hydrogen-bond acceptors (Lipinski definition) is 4. The van der Waals surface area contributed by atoms with E-state index < -0.39 is 18.2 Å². The Labute approximate surface area is 116 Å². The van der Waals surface area contributed by atoms with Crippen LogP contribution in [0.15, 0.2) is 27.1 Å². The van der Waals surface area contributed by atoms with Crippen LogP contribution in [0.5, 0.6) is 0 Å². The molecule has 0 aliphatic rings. The molecule has 0 spiro atoms. The zero-order valence-corrected chi connectivity index (χ0v) is 12.2. The molecule has 0 saturated carbocycles. The van der Waals surface area contributed by atoms with Gasteiger partial charge in [0.2, 0.25) is 0 Å². The number of rotatable bonds is 4. The van der Waals surface area contributed by atoms with Crippen molar-refractivity contribution in [2.24, 2.45) is 0 Å². The Bertz CT molecular complexity index is 388. The molecule has 0 radical (unpaired) electrons. The summed E-state index contributed by atoms with van der Waals surface area (Å²) in [7, 11) is 0. The van der Waals surface area contributed by atoms with Gasteiger partial charge in [0.1, 0.15) is 6.10 Å². The van der Waals surface area contributed by atoms with Gasteiger partial charge in [0.25, 0.3) is 0 Å². The average molecular weight is 368 g/mol. The van der Waals surface area contributed by atoms with Crippen LogP contribution in [-0.2, 0) is 9.53 Å². The van der Waals surface area contributed by atoms with Crippen LogP contribution in [0, 0.1) is 0 Å². The van der Waals surface area contributed by atoms with Gasteiger partial charge in [-0.2, -0.15) is 0 Å². The molecule has 1 rings (SSSR count). The fraction of sp³-hybridized carbons (Fsp3) is 0.364. The highest BCUT2D eigenvalue weighted by Gasteiger charge is 2.27. The van der Waals surface area contributed by atoms with Crippen LogP contribution in [-0.4, -0.2) is 28.9 Å². The van der Waals surface area contributed by atoms with E-state index in [-0.39, 0.29) is 6.61 Å². The van der Waals surface area contributed by atoms with Crippen LogP contribution in [0.1, 0.15) is 18.6 Å². The van der Waals surface area contributed by atoms with Crippen LogP contribution in [0.3, 0.4) is 0 Å². The van der Waals surface area contributed by atoms with Gasteiger partial charge >= 0.3 is 5.97 Å². The molecule has 17 heavy (non-hydrogen) atoms. The van der Waals surface area contributed by atoms with Crippen molar-refractivity contribution in [1.82, 2.24) is 0 Å². The molecule has 94 valence electrons. The van der Waals surface area contributed by atoms with E-state index in [1.807, 2.05) is 0 Å². The van der Waals surface area contributed by atoms with E-state index in [9.17, 15) is 15.0 Å². The molecule has 4 nitrogen and oxygen atoms in total. The largest absolute Gasteiger partial charge is 0.464 e. The van der Waals surface area contributed by atoms with Crippen molar-refractivity contribution in [3.05, 3.63) is 32.7 Å². The van der Waals surface area contributed by atoms with E-state index in [0.29, 0.717) is 5.56 Å². The molecule has 0 aliphatic carbocycles. The third kappa shape index (κ3) is 4.06. The number of halogens is 2. The van der Waals surface area contributed by atoms with Crippen molar-refractivity contribution in [3.63, 3.8) is 0 Å². The van der Waals surface area contributed by atoms with Crippen molar-refractivity contribution < 1.29 is 19.7 Å². The molecule has 1 aromatic carbocycles. The first-order chi connectivity index (χ1) is 7.95. The van der Waals surface area contributed by atoms with Crippen LogP contribution >= 0.6 is 31.9 Å². The van der Waals surface area contributed by atoms with Crippen molar-refractivity contribution in [1.29, 1.82) is 0 Å². The monoisotopic (exact) mass is 366 g/mol. The Hall–Kier alpha value is -0.430. The Morgan fingerprint density at radius 2 is 1.82 bits per heavy atom. The summed E-state index contributed by atoms with van der Waals surface area (Å²) in [6.07, 6.45) is -2.90. The number of benzene rings is 1. The fourth-order valence-electron chi connectivity index (χ4n) is 1.28. The summed E-state index contributed by atoms with van der Waals surface area (Å²) in [5.74, 6) is -0.837. The smallest absolute Gasteiger partial charge is 0.338 e. The van der Waals surface area contributed by atoms with Gasteiger partial charge in [-0.1, -0.05) is 31.9 Å². The summed E-state index contributed by atoms with van der Waals surface area (Å²) in [5, 5.41) is 19.4. The third-order valence-corrected chi connectivity index (χ3v) is 2.97. The first-order valence-electron chi connectivity index (χ1n) is 4.94. The van der Waals surface area contributed by atoms with Crippen molar-refractivity contribution >= 4 is 37.8 Å². The number of aliphatic hydroxyl groups is 2. The molecule has 0 bridgehead atoms. The molecule has 0 fully saturated rings. The lowest BCUT2D eigenvalue weighted by atomic mass is 10.0. The number of carbonyl (C=O) groups is 1. The van der Waals surface area contributed by atoms with Crippen molar-refractivity contribution in [2.45, 2.75) is 19.1 Å². The number of hydrogen-bond donors (Lipinski definition) is 2. The molecule has 2 unspecified atom stereocenters. The number of carbonyl (C=O) groups excluding carboxylic acids is 1. The maximum Gasteiger partial charge on any atom is 0.338 e. The van der Waals surface area contributed by atoms with Gasteiger partial charge in [-0.25, -0.2) is 4.79 Å². The maximum atomic E-state index is 11.3. The summed E-state index contributed by atoms with van der Waals surface area (Å²) in [5.41, 5.74) is 0.423. The van der Waals surface area contributed by atoms with E-state index in [2.05, 4.69) is 36.6 Å². The fourth-order valence-corrected chi connectivity index (χ4v) is 2.61. The van der Waals surface area contributed by atoms with Crippen LogP contribution in [0.25, 0.3) is 0 Å². The molecule has 6 heteroatoms. The van der Waals surface area contributed by atoms with Crippen molar-refractivity contribution in [3.8, 4) is 0 Å². The van der Waals surface area contributed by atoms with E-state index in [4.69, 9.17) is 0 Å². The van der Waals surface area contributed by atoms with E-state index in [0.717, 1.165) is 8.95 Å². The standard InChI is InChI=1S/C11H12Br2O4/c1-2-17-11(16)10(15)9(14)6-3-7(12)5-8(13)4-6/h3-5,9-10,14-15H,2H2,1H3. The van der Waals surface area contributed by atoms with Gasteiger partial charge in [0.05, 0.1) is 6.61 Å². The molecular weight excluding hydrogens is 356 g/mol. The van der Waals surface area contributed by atoms with Crippen molar-refractivity contribution in [2.75, 3.05) is 6.61 Å². The second-order valence-corrected chi connectivity index (χ2v) is 5.18. The Morgan fingerprint density at radius 1 is 1.29 bits per heavy atom. The molecular formula is C11H12Br2O4. The normalized spacial score (nSPS) is 14.2. The molecule has 0 amide bonds. The lowest BCUT2D eigenvalue weighted by molar-refractivity contribution is -0.159. The third-order valence-electron chi connectivity index (χ3n) is 2.05. The highest BCUT2D eigenvalue weighted by molar-refractivity contribution is 9.11. The van der Waals surface area contributed by atoms with Gasteiger partial charge in [-0.3, -0.25) is 0 Å². The lowest BCUT2D eigenvalue weighted by Gasteiger charge is -2.17. The molecule has 1 aromatic rings. The molecule has 0 aliphatic heterocycles. The molecule has 2 atom stereocenters. The lowest BCUT2D eigenvalue weighted by Crippen LogP contribution is -2.29. The first-order valence-corrected chi connectivity index (χ1v) is 6.53. The number of esters is 1. The van der Waals surface area contributed by atoms with E-state index in [1.54, 1.807) is 25.1 Å². The minimum Gasteiger partial charge on any atom is -0.464 e. The zero-order chi connectivity index (χ0) is 13.0. The predicted octanol–water partition coefficient (Wildman–Crippen LogP) is 2.17. The summed E-state index contributed by atoms with van der Waals surface area (Å²) in [6.45, 7) is 1.79. The Balaban J connectivity index is 2.87. The van der Waals surface area contributed by atoms with Gasteiger partial charge in [0.15, 0.2) is 6.10 Å². The zero-order valence-electron chi connectivity index (χ0n) is 9.06. The average Bonchev–Trinajstić information content (AvgIpc) is 2.26. The van der Waals surface area contributed by atoms with Crippen LogP contribution < -0.4 is 0 Å². The second kappa shape index (κ2) is 6.49. The van der Waals surface area contributed by atoms with Gasteiger partial charge in [0, 0.05) is 8.95 Å². The summed E-state index contributed by atoms with van der Waals surface area (Å²) in [6, 6.07) is 5.03. The summed E-state index contributed by atoms with van der Waals surface area (Å²) >= 11 is 6.52. The molecule has 2 N–H and O–H groups in total. The highest BCUT2D eigenvalue weighted by Crippen LogP contribution is 2.26. The maximum absolute atomic E-state index is 11.3. The topological polar surface area (TPSA) is 66.8 Å². The van der Waals surface area contributed by atoms with Crippen LogP contribution in [0.4, 0.5) is 0 Å². The Kier molecular flexibility index (Phi) is 5.58. The molecule has 0 aromatic heterocycles. The highest BCUT2D eigenvalue weighted by atomic mass is 79.9. The summed E-state index contributed by atoms with van der Waals surface area (Å²) in [4.78, 5) is 11.3. The summed E-state index contributed by atoms with van der Waals surface area (Å²) < 4.78 is 6.10. The minimum atomic E-state index is -1.59. The minimum absolute atomic E-state index is 0.158. The van der Waals surface area contributed by atoms with Gasteiger partial charge < -0.3 is 14.9 Å². The number of ether oxygens (including phenoxy) is 1. The SMILES string of the molecule is CCOC(=O)C(O)C(O)c1cc(Br)cc(Br)c1. The van der Waals surface area contributed by atoms with E-state index in [1.165, 1.54) is 0 Å². The molecule has 0 heterocycles.